The molecular weight excluding hydrogens is 356 g/mol. The molecule has 2 heterocycles. The van der Waals surface area contributed by atoms with Gasteiger partial charge in [0.15, 0.2) is 11.5 Å². The monoisotopic (exact) mass is 378 g/mol. The Hall–Kier alpha value is -3.28. The predicted octanol–water partition coefficient (Wildman–Crippen LogP) is 3.94. The zero-order chi connectivity index (χ0) is 19.7. The largest absolute Gasteiger partial charge is 0.497 e. The van der Waals surface area contributed by atoms with Gasteiger partial charge in [-0.2, -0.15) is 0 Å². The number of aromatic nitrogens is 1. The molecule has 0 N–H and O–H groups in total. The van der Waals surface area contributed by atoms with Crippen LogP contribution in [0.1, 0.15) is 28.5 Å². The van der Waals surface area contributed by atoms with Crippen LogP contribution in [0.4, 0.5) is 0 Å². The van der Waals surface area contributed by atoms with E-state index < -0.39 is 0 Å². The molecule has 6 heteroatoms. The standard InChI is InChI=1S/C22H22N2O4/c1-4-24(12-15-5-8-20-21(9-15)28-13-27-20)22(25)18-10-16-6-7-17(26-3)11-19(16)23-14(18)2/h5-11H,4,12-13H2,1-3H3. The Labute approximate surface area is 163 Å². The molecule has 0 atom stereocenters. The lowest BCUT2D eigenvalue weighted by atomic mass is 10.1. The molecule has 1 aromatic heterocycles. The van der Waals surface area contributed by atoms with Gasteiger partial charge in [-0.15, -0.1) is 0 Å². The molecule has 0 spiro atoms. The van der Waals surface area contributed by atoms with Gasteiger partial charge >= 0.3 is 0 Å². The van der Waals surface area contributed by atoms with E-state index >= 15 is 0 Å². The first-order valence-electron chi connectivity index (χ1n) is 9.22. The van der Waals surface area contributed by atoms with E-state index in [4.69, 9.17) is 14.2 Å². The van der Waals surface area contributed by atoms with Crippen molar-refractivity contribution >= 4 is 16.8 Å². The molecule has 0 bridgehead atoms. The summed E-state index contributed by atoms with van der Waals surface area (Å²) in [6, 6.07) is 13.3. The number of aryl methyl sites for hydroxylation is 1. The minimum atomic E-state index is -0.0390. The minimum absolute atomic E-state index is 0.0390. The summed E-state index contributed by atoms with van der Waals surface area (Å²) in [5, 5.41) is 0.911. The highest BCUT2D eigenvalue weighted by atomic mass is 16.7. The summed E-state index contributed by atoms with van der Waals surface area (Å²) in [6.07, 6.45) is 0. The summed E-state index contributed by atoms with van der Waals surface area (Å²) < 4.78 is 16.1. The molecule has 2 aromatic carbocycles. The van der Waals surface area contributed by atoms with Gasteiger partial charge in [0, 0.05) is 24.5 Å². The SMILES string of the molecule is CCN(Cc1ccc2c(c1)OCO2)C(=O)c1cc2ccc(OC)cc2nc1C. The Balaban J connectivity index is 1.62. The van der Waals surface area contributed by atoms with Gasteiger partial charge in [0.25, 0.3) is 5.91 Å². The lowest BCUT2D eigenvalue weighted by molar-refractivity contribution is 0.0751. The Morgan fingerprint density at radius 3 is 2.75 bits per heavy atom. The summed E-state index contributed by atoms with van der Waals surface area (Å²) >= 11 is 0. The second kappa shape index (κ2) is 7.38. The van der Waals surface area contributed by atoms with Crippen molar-refractivity contribution in [3.63, 3.8) is 0 Å². The van der Waals surface area contributed by atoms with Crippen molar-refractivity contribution in [2.24, 2.45) is 0 Å². The van der Waals surface area contributed by atoms with Gasteiger partial charge in [0.05, 0.1) is 23.9 Å². The molecule has 0 fully saturated rings. The normalized spacial score (nSPS) is 12.2. The Bertz CT molecular complexity index is 1050. The molecule has 3 aromatic rings. The van der Waals surface area contributed by atoms with Gasteiger partial charge < -0.3 is 19.1 Å². The highest BCUT2D eigenvalue weighted by Gasteiger charge is 2.20. The fourth-order valence-corrected chi connectivity index (χ4v) is 3.34. The molecule has 4 rings (SSSR count). The molecule has 1 amide bonds. The summed E-state index contributed by atoms with van der Waals surface area (Å²) in [5.74, 6) is 2.17. The van der Waals surface area contributed by atoms with Gasteiger partial charge in [-0.1, -0.05) is 6.07 Å². The van der Waals surface area contributed by atoms with Crippen LogP contribution in [0.5, 0.6) is 17.2 Å². The zero-order valence-electron chi connectivity index (χ0n) is 16.2. The molecule has 6 nitrogen and oxygen atoms in total. The van der Waals surface area contributed by atoms with Gasteiger partial charge in [0.2, 0.25) is 6.79 Å². The maximum atomic E-state index is 13.2. The van der Waals surface area contributed by atoms with Gasteiger partial charge in [0.1, 0.15) is 5.75 Å². The predicted molar refractivity (Wildman–Crippen MR) is 106 cm³/mol. The van der Waals surface area contributed by atoms with Crippen LogP contribution in [-0.4, -0.2) is 36.2 Å². The first-order valence-corrected chi connectivity index (χ1v) is 9.22. The van der Waals surface area contributed by atoms with E-state index in [9.17, 15) is 4.79 Å². The van der Waals surface area contributed by atoms with Crippen molar-refractivity contribution in [2.75, 3.05) is 20.4 Å². The van der Waals surface area contributed by atoms with Crippen LogP contribution in [0.2, 0.25) is 0 Å². The van der Waals surface area contributed by atoms with Crippen molar-refractivity contribution in [3.8, 4) is 17.2 Å². The lowest BCUT2D eigenvalue weighted by Gasteiger charge is -2.22. The quantitative estimate of drug-likeness (QED) is 0.673. The first kappa shape index (κ1) is 18.1. The second-order valence-corrected chi connectivity index (χ2v) is 6.69. The molecule has 0 aliphatic carbocycles. The molecule has 1 aliphatic heterocycles. The molecular formula is C22H22N2O4. The number of carbonyl (C=O) groups is 1. The average molecular weight is 378 g/mol. The number of nitrogens with zero attached hydrogens (tertiary/aromatic N) is 2. The molecule has 0 unspecified atom stereocenters. The number of benzene rings is 2. The van der Waals surface area contributed by atoms with Crippen LogP contribution in [0.25, 0.3) is 10.9 Å². The number of pyridine rings is 1. The number of hydrogen-bond acceptors (Lipinski definition) is 5. The third-order valence-corrected chi connectivity index (χ3v) is 4.93. The second-order valence-electron chi connectivity index (χ2n) is 6.69. The third-order valence-electron chi connectivity index (χ3n) is 4.93. The van der Waals surface area contributed by atoms with Crippen molar-refractivity contribution in [1.29, 1.82) is 0 Å². The average Bonchev–Trinajstić information content (AvgIpc) is 3.18. The molecule has 28 heavy (non-hydrogen) atoms. The summed E-state index contributed by atoms with van der Waals surface area (Å²) in [5.41, 5.74) is 3.12. The van der Waals surface area contributed by atoms with Crippen molar-refractivity contribution < 1.29 is 19.0 Å². The molecule has 0 saturated heterocycles. The van der Waals surface area contributed by atoms with E-state index in [0.717, 1.165) is 33.7 Å². The van der Waals surface area contributed by atoms with Crippen LogP contribution in [0.15, 0.2) is 42.5 Å². The first-order chi connectivity index (χ1) is 13.6. The minimum Gasteiger partial charge on any atom is -0.497 e. The van der Waals surface area contributed by atoms with Crippen molar-refractivity contribution in [2.45, 2.75) is 20.4 Å². The summed E-state index contributed by atoms with van der Waals surface area (Å²) in [7, 11) is 1.63. The summed E-state index contributed by atoms with van der Waals surface area (Å²) in [4.78, 5) is 19.6. The van der Waals surface area contributed by atoms with Crippen LogP contribution >= 0.6 is 0 Å². The maximum Gasteiger partial charge on any atom is 0.256 e. The number of amides is 1. The Morgan fingerprint density at radius 1 is 1.14 bits per heavy atom. The fourth-order valence-electron chi connectivity index (χ4n) is 3.34. The molecule has 0 radical (unpaired) electrons. The van der Waals surface area contributed by atoms with Crippen LogP contribution in [0.3, 0.4) is 0 Å². The van der Waals surface area contributed by atoms with Gasteiger partial charge in [-0.3, -0.25) is 9.78 Å². The van der Waals surface area contributed by atoms with E-state index in [0.29, 0.717) is 24.3 Å². The van der Waals surface area contributed by atoms with E-state index in [1.165, 1.54) is 0 Å². The van der Waals surface area contributed by atoms with Crippen LogP contribution in [-0.2, 0) is 6.54 Å². The number of fused-ring (bicyclic) bond motifs is 2. The fraction of sp³-hybridized carbons (Fsp3) is 0.273. The summed E-state index contributed by atoms with van der Waals surface area (Å²) in [6.45, 7) is 5.15. The van der Waals surface area contributed by atoms with Crippen LogP contribution in [0, 0.1) is 6.92 Å². The molecule has 0 saturated carbocycles. The van der Waals surface area contributed by atoms with Gasteiger partial charge in [-0.05, 0) is 49.7 Å². The van der Waals surface area contributed by atoms with Crippen LogP contribution < -0.4 is 14.2 Å². The van der Waals surface area contributed by atoms with Gasteiger partial charge in [-0.25, -0.2) is 0 Å². The highest BCUT2D eigenvalue weighted by molar-refractivity contribution is 5.98. The number of carbonyl (C=O) groups excluding carboxylic acids is 1. The van der Waals surface area contributed by atoms with E-state index in [2.05, 4.69) is 4.98 Å². The third kappa shape index (κ3) is 3.33. The smallest absolute Gasteiger partial charge is 0.256 e. The highest BCUT2D eigenvalue weighted by Crippen LogP contribution is 2.33. The number of hydrogen-bond donors (Lipinski definition) is 0. The van der Waals surface area contributed by atoms with E-state index in [-0.39, 0.29) is 12.7 Å². The molecule has 1 aliphatic rings. The van der Waals surface area contributed by atoms with E-state index in [1.807, 2.05) is 56.3 Å². The topological polar surface area (TPSA) is 60.9 Å². The number of rotatable bonds is 5. The van der Waals surface area contributed by atoms with E-state index in [1.54, 1.807) is 12.0 Å². The maximum absolute atomic E-state index is 13.2. The number of methoxy groups -OCH3 is 1. The lowest BCUT2D eigenvalue weighted by Crippen LogP contribution is -2.31. The van der Waals surface area contributed by atoms with Crippen molar-refractivity contribution in [1.82, 2.24) is 9.88 Å². The Kier molecular flexibility index (Phi) is 4.77. The number of ether oxygens (including phenoxy) is 3. The van der Waals surface area contributed by atoms with Crippen molar-refractivity contribution in [3.05, 3.63) is 59.3 Å². The zero-order valence-corrected chi connectivity index (χ0v) is 16.2. The Morgan fingerprint density at radius 2 is 1.96 bits per heavy atom. The molecule has 144 valence electrons.